The lowest BCUT2D eigenvalue weighted by Gasteiger charge is -2.24. The van der Waals surface area contributed by atoms with Gasteiger partial charge in [0, 0.05) is 11.4 Å². The summed E-state index contributed by atoms with van der Waals surface area (Å²) in [6.45, 7) is 3.50. The van der Waals surface area contributed by atoms with E-state index < -0.39 is 27.2 Å². The average molecular weight is 344 g/mol. The molecule has 2 rings (SSSR count). The highest BCUT2D eigenvalue weighted by Gasteiger charge is 2.36. The minimum Gasteiger partial charge on any atom is -0.330 e. The van der Waals surface area contributed by atoms with Crippen LogP contribution in [-0.4, -0.2) is 43.0 Å². The molecule has 1 aromatic heterocycles. The largest absolute Gasteiger partial charge is 0.330 e. The van der Waals surface area contributed by atoms with E-state index in [1.807, 2.05) is 17.5 Å². The van der Waals surface area contributed by atoms with E-state index in [2.05, 4.69) is 4.72 Å². The highest BCUT2D eigenvalue weighted by Crippen LogP contribution is 2.20. The fraction of sp³-hybridized carbons (Fsp3) is 0.571. The first-order chi connectivity index (χ1) is 10.3. The van der Waals surface area contributed by atoms with Crippen LogP contribution in [0.2, 0.25) is 0 Å². The summed E-state index contributed by atoms with van der Waals surface area (Å²) in [5.74, 6) is -0.743. The molecule has 0 aromatic carbocycles. The van der Waals surface area contributed by atoms with Crippen molar-refractivity contribution in [3.05, 3.63) is 22.4 Å². The predicted molar refractivity (Wildman–Crippen MR) is 85.0 cm³/mol. The summed E-state index contributed by atoms with van der Waals surface area (Å²) >= 11 is 1.49. The van der Waals surface area contributed by atoms with Gasteiger partial charge >= 0.3 is 0 Å². The summed E-state index contributed by atoms with van der Waals surface area (Å²) in [6, 6.07) is 3.05. The molecule has 1 atom stereocenters. The molecule has 2 heterocycles. The Kier molecular flexibility index (Phi) is 5.23. The van der Waals surface area contributed by atoms with Gasteiger partial charge in [0.25, 0.3) is 5.91 Å². The van der Waals surface area contributed by atoms with E-state index in [4.69, 9.17) is 0 Å². The van der Waals surface area contributed by atoms with Crippen molar-refractivity contribution in [2.24, 2.45) is 0 Å². The van der Waals surface area contributed by atoms with Gasteiger partial charge in [-0.3, -0.25) is 14.3 Å². The number of rotatable bonds is 5. The van der Waals surface area contributed by atoms with E-state index in [1.54, 1.807) is 0 Å². The molecule has 0 bridgehead atoms. The lowest BCUT2D eigenvalue weighted by atomic mass is 10.2. The first-order valence-electron chi connectivity index (χ1n) is 7.18. The van der Waals surface area contributed by atoms with Crippen molar-refractivity contribution >= 4 is 33.2 Å². The smallest absolute Gasteiger partial charge is 0.256 e. The van der Waals surface area contributed by atoms with Crippen molar-refractivity contribution in [2.75, 3.05) is 6.54 Å². The Morgan fingerprint density at radius 1 is 1.45 bits per heavy atom. The van der Waals surface area contributed by atoms with Gasteiger partial charge in [0.2, 0.25) is 15.9 Å². The van der Waals surface area contributed by atoms with E-state index in [0.29, 0.717) is 19.4 Å². The molecule has 0 aliphatic carbocycles. The number of carbonyl (C=O) groups is 2. The maximum atomic E-state index is 12.3. The molecular weight excluding hydrogens is 324 g/mol. The molecule has 1 fully saturated rings. The van der Waals surface area contributed by atoms with Crippen LogP contribution in [0.4, 0.5) is 0 Å². The lowest BCUT2D eigenvalue weighted by Crippen LogP contribution is -2.49. The summed E-state index contributed by atoms with van der Waals surface area (Å²) in [7, 11) is -3.67. The number of sulfonamides is 1. The van der Waals surface area contributed by atoms with Crippen LogP contribution in [0.3, 0.4) is 0 Å². The minimum atomic E-state index is -3.67. The number of thiophene rings is 1. The summed E-state index contributed by atoms with van der Waals surface area (Å²) in [6.07, 6.45) is 1.45. The normalized spacial score (nSPS) is 18.7. The number of nitrogens with one attached hydrogen (secondary N) is 1. The zero-order chi connectivity index (χ0) is 16.3. The maximum Gasteiger partial charge on any atom is 0.256 e. The van der Waals surface area contributed by atoms with E-state index in [0.717, 1.165) is 4.88 Å². The fourth-order valence-corrected chi connectivity index (χ4v) is 3.68. The second-order valence-electron chi connectivity index (χ2n) is 5.56. The number of amides is 2. The van der Waals surface area contributed by atoms with Gasteiger partial charge in [0.1, 0.15) is 6.04 Å². The molecule has 22 heavy (non-hydrogen) atoms. The SMILES string of the molecule is CC(C)S(=O)(=O)NC(=O)[C@@H]1CCCN1C(=O)Cc1cccs1. The van der Waals surface area contributed by atoms with Crippen LogP contribution in [-0.2, 0) is 26.0 Å². The summed E-state index contributed by atoms with van der Waals surface area (Å²) < 4.78 is 25.7. The second kappa shape index (κ2) is 6.78. The zero-order valence-electron chi connectivity index (χ0n) is 12.6. The van der Waals surface area contributed by atoms with E-state index >= 15 is 0 Å². The molecule has 1 N–H and O–H groups in total. The first kappa shape index (κ1) is 17.0. The third-order valence-corrected chi connectivity index (χ3v) is 6.25. The van der Waals surface area contributed by atoms with Gasteiger partial charge in [-0.2, -0.15) is 0 Å². The molecular formula is C14H20N2O4S2. The first-order valence-corrected chi connectivity index (χ1v) is 9.61. The van der Waals surface area contributed by atoms with E-state index in [9.17, 15) is 18.0 Å². The number of hydrogen-bond acceptors (Lipinski definition) is 5. The van der Waals surface area contributed by atoms with Crippen molar-refractivity contribution in [1.82, 2.24) is 9.62 Å². The Hall–Kier alpha value is -1.41. The summed E-state index contributed by atoms with van der Waals surface area (Å²) in [5, 5.41) is 1.21. The molecule has 1 aromatic rings. The molecule has 1 aliphatic heterocycles. The van der Waals surface area contributed by atoms with Crippen LogP contribution in [0.15, 0.2) is 17.5 Å². The van der Waals surface area contributed by atoms with Crippen LogP contribution in [0.5, 0.6) is 0 Å². The number of nitrogens with zero attached hydrogens (tertiary/aromatic N) is 1. The fourth-order valence-electron chi connectivity index (χ4n) is 2.33. The minimum absolute atomic E-state index is 0.137. The topological polar surface area (TPSA) is 83.6 Å². The summed E-state index contributed by atoms with van der Waals surface area (Å²) in [5.41, 5.74) is 0. The van der Waals surface area contributed by atoms with Crippen LogP contribution < -0.4 is 4.72 Å². The quantitative estimate of drug-likeness (QED) is 0.868. The average Bonchev–Trinajstić information content (AvgIpc) is 3.08. The highest BCUT2D eigenvalue weighted by atomic mass is 32.2. The van der Waals surface area contributed by atoms with Crippen molar-refractivity contribution < 1.29 is 18.0 Å². The van der Waals surface area contributed by atoms with E-state index in [-0.39, 0.29) is 12.3 Å². The molecule has 6 nitrogen and oxygen atoms in total. The van der Waals surface area contributed by atoms with Crippen LogP contribution in [0, 0.1) is 0 Å². The van der Waals surface area contributed by atoms with Gasteiger partial charge in [-0.1, -0.05) is 6.07 Å². The van der Waals surface area contributed by atoms with Gasteiger partial charge in [-0.15, -0.1) is 11.3 Å². The molecule has 0 spiro atoms. The Morgan fingerprint density at radius 3 is 2.77 bits per heavy atom. The Bertz CT molecular complexity index is 638. The van der Waals surface area contributed by atoms with Gasteiger partial charge < -0.3 is 4.90 Å². The van der Waals surface area contributed by atoms with Crippen LogP contribution in [0.25, 0.3) is 0 Å². The lowest BCUT2D eigenvalue weighted by molar-refractivity contribution is -0.137. The van der Waals surface area contributed by atoms with E-state index in [1.165, 1.54) is 30.1 Å². The van der Waals surface area contributed by atoms with Gasteiger partial charge in [-0.25, -0.2) is 8.42 Å². The highest BCUT2D eigenvalue weighted by molar-refractivity contribution is 7.90. The number of hydrogen-bond donors (Lipinski definition) is 1. The van der Waals surface area contributed by atoms with Gasteiger partial charge in [0.05, 0.1) is 11.7 Å². The van der Waals surface area contributed by atoms with Crippen molar-refractivity contribution in [2.45, 2.75) is 44.4 Å². The molecule has 1 aliphatic rings. The molecule has 1 saturated heterocycles. The third-order valence-electron chi connectivity index (χ3n) is 3.64. The monoisotopic (exact) mass is 344 g/mol. The molecule has 0 saturated carbocycles. The molecule has 122 valence electrons. The maximum absolute atomic E-state index is 12.3. The second-order valence-corrected chi connectivity index (χ2v) is 8.83. The standard InChI is InChI=1S/C14H20N2O4S2/c1-10(2)22(19,20)15-14(18)12-6-3-7-16(12)13(17)9-11-5-4-8-21-11/h4-5,8,10,12H,3,6-7,9H2,1-2H3,(H,15,18)/t12-/m0/s1. The Labute approximate surface area is 134 Å². The molecule has 0 radical (unpaired) electrons. The summed E-state index contributed by atoms with van der Waals surface area (Å²) in [4.78, 5) is 27.0. The third kappa shape index (κ3) is 3.86. The van der Waals surface area contributed by atoms with Gasteiger partial charge in [-0.05, 0) is 38.1 Å². The van der Waals surface area contributed by atoms with Crippen molar-refractivity contribution in [1.29, 1.82) is 0 Å². The molecule has 0 unspecified atom stereocenters. The number of likely N-dealkylation sites (tertiary alicyclic amines) is 1. The van der Waals surface area contributed by atoms with Crippen LogP contribution >= 0.6 is 11.3 Å². The van der Waals surface area contributed by atoms with Crippen molar-refractivity contribution in [3.63, 3.8) is 0 Å². The van der Waals surface area contributed by atoms with Gasteiger partial charge in [0.15, 0.2) is 0 Å². The Balaban J connectivity index is 2.04. The zero-order valence-corrected chi connectivity index (χ0v) is 14.2. The van der Waals surface area contributed by atoms with Crippen LogP contribution in [0.1, 0.15) is 31.6 Å². The predicted octanol–water partition coefficient (Wildman–Crippen LogP) is 1.14. The Morgan fingerprint density at radius 2 is 2.18 bits per heavy atom. The molecule has 8 heteroatoms. The van der Waals surface area contributed by atoms with Crippen molar-refractivity contribution in [3.8, 4) is 0 Å². The number of carbonyl (C=O) groups excluding carboxylic acids is 2. The molecule has 2 amide bonds.